The molecule has 1 N–H and O–H groups in total. The highest BCUT2D eigenvalue weighted by Crippen LogP contribution is 2.24. The Labute approximate surface area is 117 Å². The number of aliphatic hydroxyl groups excluding tert-OH is 1. The highest BCUT2D eigenvalue weighted by Gasteiger charge is 2.26. The molecule has 0 radical (unpaired) electrons. The summed E-state index contributed by atoms with van der Waals surface area (Å²) in [5.41, 5.74) is 0.805. The minimum Gasteiger partial charge on any atom is -0.469 e. The minimum absolute atomic E-state index is 0.0743. The van der Waals surface area contributed by atoms with Crippen LogP contribution in [0.4, 0.5) is 0 Å². The number of sulfonamides is 1. The number of hydrogen-bond donors (Lipinski definition) is 1. The van der Waals surface area contributed by atoms with Crippen LogP contribution in [0.25, 0.3) is 0 Å². The summed E-state index contributed by atoms with van der Waals surface area (Å²) in [6.07, 6.45) is 1.53. The summed E-state index contributed by atoms with van der Waals surface area (Å²) in [6.45, 7) is 3.22. The maximum absolute atomic E-state index is 12.5. The molecule has 0 bridgehead atoms. The van der Waals surface area contributed by atoms with Crippen molar-refractivity contribution < 1.29 is 22.4 Å². The van der Waals surface area contributed by atoms with Gasteiger partial charge in [0, 0.05) is 25.2 Å². The van der Waals surface area contributed by atoms with Gasteiger partial charge in [0.15, 0.2) is 0 Å². The van der Waals surface area contributed by atoms with Gasteiger partial charge in [0.25, 0.3) is 0 Å². The Kier molecular flexibility index (Phi) is 4.03. The van der Waals surface area contributed by atoms with Gasteiger partial charge in [-0.3, -0.25) is 0 Å². The molecule has 0 unspecified atom stereocenters. The van der Waals surface area contributed by atoms with Crippen LogP contribution in [0.2, 0.25) is 0 Å². The van der Waals surface area contributed by atoms with Crippen LogP contribution in [0, 0.1) is 13.8 Å². The van der Waals surface area contributed by atoms with E-state index in [-0.39, 0.29) is 29.6 Å². The van der Waals surface area contributed by atoms with Crippen molar-refractivity contribution in [3.8, 4) is 0 Å². The lowest BCUT2D eigenvalue weighted by Gasteiger charge is -2.16. The number of furan rings is 2. The Balaban J connectivity index is 2.29. The van der Waals surface area contributed by atoms with Crippen LogP contribution in [0.5, 0.6) is 0 Å². The van der Waals surface area contributed by atoms with E-state index in [2.05, 4.69) is 0 Å². The number of rotatable bonds is 5. The first kappa shape index (κ1) is 14.8. The summed E-state index contributed by atoms with van der Waals surface area (Å²) in [7, 11) is -2.17. The summed E-state index contributed by atoms with van der Waals surface area (Å²) >= 11 is 0. The molecule has 6 nitrogen and oxygen atoms in total. The molecule has 0 aromatic carbocycles. The molecule has 0 amide bonds. The summed E-state index contributed by atoms with van der Waals surface area (Å²) in [6, 6.07) is 3.09. The number of aliphatic hydroxyl groups is 1. The van der Waals surface area contributed by atoms with E-state index in [9.17, 15) is 8.42 Å². The monoisotopic (exact) mass is 299 g/mol. The molecule has 0 aliphatic rings. The molecule has 0 saturated carbocycles. The third kappa shape index (κ3) is 2.65. The van der Waals surface area contributed by atoms with Gasteiger partial charge in [0.1, 0.15) is 28.8 Å². The predicted octanol–water partition coefficient (Wildman–Crippen LogP) is 1.80. The zero-order chi connectivity index (χ0) is 14.9. The number of aryl methyl sites for hydroxylation is 2. The fourth-order valence-corrected chi connectivity index (χ4v) is 3.26. The van der Waals surface area contributed by atoms with Gasteiger partial charge >= 0.3 is 0 Å². The average molecular weight is 299 g/mol. The van der Waals surface area contributed by atoms with Crippen LogP contribution in [-0.4, -0.2) is 24.9 Å². The molecular formula is C13H17NO5S. The Morgan fingerprint density at radius 2 is 2.00 bits per heavy atom. The van der Waals surface area contributed by atoms with Gasteiger partial charge in [-0.2, -0.15) is 4.31 Å². The lowest BCUT2D eigenvalue weighted by molar-refractivity contribution is 0.244. The van der Waals surface area contributed by atoms with Crippen LogP contribution in [-0.2, 0) is 23.2 Å². The van der Waals surface area contributed by atoms with Crippen molar-refractivity contribution in [3.63, 3.8) is 0 Å². The second-order valence-corrected chi connectivity index (χ2v) is 6.57. The molecule has 2 heterocycles. The third-order valence-electron chi connectivity index (χ3n) is 3.13. The second kappa shape index (κ2) is 5.43. The van der Waals surface area contributed by atoms with Gasteiger partial charge in [-0.15, -0.1) is 0 Å². The summed E-state index contributed by atoms with van der Waals surface area (Å²) in [5, 5.41) is 9.01. The lowest BCUT2D eigenvalue weighted by Crippen LogP contribution is -2.26. The third-order valence-corrected chi connectivity index (χ3v) is 5.04. The van der Waals surface area contributed by atoms with E-state index in [1.807, 2.05) is 0 Å². The van der Waals surface area contributed by atoms with Gasteiger partial charge in [0.2, 0.25) is 10.0 Å². The molecule has 0 saturated heterocycles. The fraction of sp³-hybridized carbons (Fsp3) is 0.385. The van der Waals surface area contributed by atoms with E-state index in [1.165, 1.54) is 23.7 Å². The second-order valence-electron chi connectivity index (χ2n) is 4.55. The molecular weight excluding hydrogens is 282 g/mol. The molecule has 110 valence electrons. The molecule has 0 aliphatic heterocycles. The van der Waals surface area contributed by atoms with Crippen molar-refractivity contribution in [1.82, 2.24) is 4.31 Å². The Morgan fingerprint density at radius 1 is 1.30 bits per heavy atom. The maximum Gasteiger partial charge on any atom is 0.246 e. The summed E-state index contributed by atoms with van der Waals surface area (Å²) < 4.78 is 36.5. The minimum atomic E-state index is -3.66. The molecule has 7 heteroatoms. The summed E-state index contributed by atoms with van der Waals surface area (Å²) in [4.78, 5) is 0.0743. The van der Waals surface area contributed by atoms with E-state index in [1.54, 1.807) is 19.9 Å². The van der Waals surface area contributed by atoms with Gasteiger partial charge in [-0.25, -0.2) is 8.42 Å². The van der Waals surface area contributed by atoms with Crippen molar-refractivity contribution in [2.75, 3.05) is 7.05 Å². The SMILES string of the molecule is Cc1occc1CN(C)S(=O)(=O)c1cc(CO)oc1C. The van der Waals surface area contributed by atoms with Crippen LogP contribution in [0.15, 0.2) is 32.1 Å². The molecule has 2 aromatic heterocycles. The van der Waals surface area contributed by atoms with Crippen molar-refractivity contribution in [3.05, 3.63) is 41.2 Å². The Bertz CT molecular complexity index is 698. The van der Waals surface area contributed by atoms with Crippen LogP contribution < -0.4 is 0 Å². The highest BCUT2D eigenvalue weighted by molar-refractivity contribution is 7.89. The maximum atomic E-state index is 12.5. The zero-order valence-corrected chi connectivity index (χ0v) is 12.4. The number of nitrogens with zero attached hydrogens (tertiary/aromatic N) is 1. The molecule has 0 fully saturated rings. The van der Waals surface area contributed by atoms with E-state index < -0.39 is 10.0 Å². The Morgan fingerprint density at radius 3 is 2.50 bits per heavy atom. The largest absolute Gasteiger partial charge is 0.469 e. The van der Waals surface area contributed by atoms with Crippen LogP contribution in [0.3, 0.4) is 0 Å². The first-order valence-electron chi connectivity index (χ1n) is 6.05. The quantitative estimate of drug-likeness (QED) is 0.910. The van der Waals surface area contributed by atoms with Gasteiger partial charge < -0.3 is 13.9 Å². The van der Waals surface area contributed by atoms with Gasteiger partial charge in [-0.05, 0) is 19.9 Å². The van der Waals surface area contributed by atoms with Crippen molar-refractivity contribution in [2.45, 2.75) is 31.9 Å². The van der Waals surface area contributed by atoms with E-state index in [4.69, 9.17) is 13.9 Å². The topological polar surface area (TPSA) is 83.9 Å². The van der Waals surface area contributed by atoms with E-state index in [0.717, 1.165) is 5.56 Å². The molecule has 0 spiro atoms. The molecule has 2 aromatic rings. The predicted molar refractivity (Wildman–Crippen MR) is 71.5 cm³/mol. The average Bonchev–Trinajstić information content (AvgIpc) is 2.96. The fourth-order valence-electron chi connectivity index (χ4n) is 1.93. The van der Waals surface area contributed by atoms with E-state index in [0.29, 0.717) is 5.76 Å². The molecule has 0 aliphatic carbocycles. The van der Waals surface area contributed by atoms with Crippen LogP contribution in [0.1, 0.15) is 22.8 Å². The van der Waals surface area contributed by atoms with Crippen molar-refractivity contribution in [2.24, 2.45) is 0 Å². The van der Waals surface area contributed by atoms with Crippen LogP contribution >= 0.6 is 0 Å². The Hall–Kier alpha value is -1.57. The van der Waals surface area contributed by atoms with Crippen molar-refractivity contribution >= 4 is 10.0 Å². The number of hydrogen-bond acceptors (Lipinski definition) is 5. The normalized spacial score (nSPS) is 12.2. The molecule has 0 atom stereocenters. The highest BCUT2D eigenvalue weighted by atomic mass is 32.2. The summed E-state index contributed by atoms with van der Waals surface area (Å²) in [5.74, 6) is 1.19. The smallest absolute Gasteiger partial charge is 0.246 e. The first-order chi connectivity index (χ1) is 9.36. The van der Waals surface area contributed by atoms with Crippen molar-refractivity contribution in [1.29, 1.82) is 0 Å². The first-order valence-corrected chi connectivity index (χ1v) is 7.49. The van der Waals surface area contributed by atoms with Gasteiger partial charge in [-0.1, -0.05) is 0 Å². The standard InChI is InChI=1S/C13H17NO5S/c1-9-11(4-5-18-9)7-14(3)20(16,17)13-6-12(8-15)19-10(13)2/h4-6,15H,7-8H2,1-3H3. The molecule has 2 rings (SSSR count). The van der Waals surface area contributed by atoms with E-state index >= 15 is 0 Å². The van der Waals surface area contributed by atoms with Gasteiger partial charge in [0.05, 0.1) is 6.26 Å². The zero-order valence-electron chi connectivity index (χ0n) is 11.6. The molecule has 20 heavy (non-hydrogen) atoms. The lowest BCUT2D eigenvalue weighted by atomic mass is 10.3.